The van der Waals surface area contributed by atoms with E-state index in [9.17, 15) is 4.79 Å². The summed E-state index contributed by atoms with van der Waals surface area (Å²) in [5.74, 6) is 0.0499. The molecule has 1 aliphatic rings. The van der Waals surface area contributed by atoms with Crippen LogP contribution in [-0.4, -0.2) is 23.5 Å². The lowest BCUT2D eigenvalue weighted by Gasteiger charge is -2.08. The van der Waals surface area contributed by atoms with Gasteiger partial charge in [0, 0.05) is 4.88 Å². The standard InChI is InChI=1S/C11H17N3OS.ClH/c1-3-8-7(2)16-11(13-8)14-10(15)9-5-4-6-12-9;/h9,12H,3-6H2,1-2H3,(H,13,14,15);1H/t9-;/m0./s1. The minimum Gasteiger partial charge on any atom is -0.306 e. The lowest BCUT2D eigenvalue weighted by atomic mass is 10.2. The summed E-state index contributed by atoms with van der Waals surface area (Å²) < 4.78 is 0. The van der Waals surface area contributed by atoms with Gasteiger partial charge < -0.3 is 10.6 Å². The van der Waals surface area contributed by atoms with Gasteiger partial charge >= 0.3 is 0 Å². The maximum atomic E-state index is 11.8. The summed E-state index contributed by atoms with van der Waals surface area (Å²) in [5.41, 5.74) is 1.08. The van der Waals surface area contributed by atoms with Gasteiger partial charge in [-0.15, -0.1) is 23.7 Å². The quantitative estimate of drug-likeness (QED) is 0.889. The second kappa shape index (κ2) is 6.33. The van der Waals surface area contributed by atoms with E-state index in [1.807, 2.05) is 6.92 Å². The summed E-state index contributed by atoms with van der Waals surface area (Å²) >= 11 is 1.56. The largest absolute Gasteiger partial charge is 0.306 e. The Bertz CT molecular complexity index is 388. The van der Waals surface area contributed by atoms with E-state index < -0.39 is 0 Å². The molecule has 1 amide bonds. The fourth-order valence-electron chi connectivity index (χ4n) is 1.91. The molecule has 1 atom stereocenters. The summed E-state index contributed by atoms with van der Waals surface area (Å²) in [5, 5.41) is 6.79. The van der Waals surface area contributed by atoms with Gasteiger partial charge in [0.1, 0.15) is 0 Å². The number of rotatable bonds is 3. The number of hydrogen-bond acceptors (Lipinski definition) is 4. The first-order chi connectivity index (χ1) is 7.70. The van der Waals surface area contributed by atoms with Crippen LogP contribution >= 0.6 is 23.7 Å². The first-order valence-corrected chi connectivity index (χ1v) is 6.53. The fourth-order valence-corrected chi connectivity index (χ4v) is 2.82. The molecule has 0 aliphatic carbocycles. The molecule has 0 unspecified atom stereocenters. The van der Waals surface area contributed by atoms with Gasteiger partial charge in [0.15, 0.2) is 5.13 Å². The zero-order valence-corrected chi connectivity index (χ0v) is 11.7. The van der Waals surface area contributed by atoms with Gasteiger partial charge in [-0.2, -0.15) is 0 Å². The molecule has 2 rings (SSSR count). The van der Waals surface area contributed by atoms with Crippen LogP contribution in [0.2, 0.25) is 0 Å². The number of carbonyl (C=O) groups is 1. The summed E-state index contributed by atoms with van der Waals surface area (Å²) in [4.78, 5) is 17.4. The van der Waals surface area contributed by atoms with E-state index in [0.717, 1.165) is 36.6 Å². The Morgan fingerprint density at radius 3 is 2.94 bits per heavy atom. The van der Waals surface area contributed by atoms with Crippen LogP contribution in [0.25, 0.3) is 0 Å². The molecule has 6 heteroatoms. The van der Waals surface area contributed by atoms with Gasteiger partial charge in [-0.05, 0) is 32.7 Å². The van der Waals surface area contributed by atoms with E-state index >= 15 is 0 Å². The average Bonchev–Trinajstić information content (AvgIpc) is 2.87. The molecule has 0 spiro atoms. The monoisotopic (exact) mass is 275 g/mol. The number of carbonyl (C=O) groups excluding carboxylic acids is 1. The number of thiazole rings is 1. The van der Waals surface area contributed by atoms with Gasteiger partial charge in [-0.1, -0.05) is 6.92 Å². The third kappa shape index (κ3) is 3.40. The minimum absolute atomic E-state index is 0. The number of nitrogens with zero attached hydrogens (tertiary/aromatic N) is 1. The molecule has 2 N–H and O–H groups in total. The van der Waals surface area contributed by atoms with Crippen molar-refractivity contribution in [2.45, 2.75) is 39.2 Å². The Labute approximate surface area is 112 Å². The molecule has 1 saturated heterocycles. The number of halogens is 1. The van der Waals surface area contributed by atoms with E-state index in [1.165, 1.54) is 4.88 Å². The molecule has 17 heavy (non-hydrogen) atoms. The van der Waals surface area contributed by atoms with E-state index in [2.05, 4.69) is 22.5 Å². The highest BCUT2D eigenvalue weighted by Crippen LogP contribution is 2.22. The molecule has 4 nitrogen and oxygen atoms in total. The van der Waals surface area contributed by atoms with Gasteiger partial charge in [0.25, 0.3) is 0 Å². The number of aromatic nitrogens is 1. The van der Waals surface area contributed by atoms with E-state index in [4.69, 9.17) is 0 Å². The molecule has 1 aliphatic heterocycles. The van der Waals surface area contributed by atoms with Crippen LogP contribution in [-0.2, 0) is 11.2 Å². The van der Waals surface area contributed by atoms with Crippen molar-refractivity contribution in [1.82, 2.24) is 10.3 Å². The van der Waals surface area contributed by atoms with Crippen LogP contribution in [0.3, 0.4) is 0 Å². The van der Waals surface area contributed by atoms with E-state index in [0.29, 0.717) is 0 Å². The van der Waals surface area contributed by atoms with Crippen molar-refractivity contribution >= 4 is 34.8 Å². The normalized spacial score (nSPS) is 18.8. The summed E-state index contributed by atoms with van der Waals surface area (Å²) in [6.45, 7) is 5.06. The maximum absolute atomic E-state index is 11.8. The molecule has 2 heterocycles. The molecule has 1 fully saturated rings. The van der Waals surface area contributed by atoms with Crippen molar-refractivity contribution in [1.29, 1.82) is 0 Å². The Kier molecular flexibility index (Phi) is 5.36. The zero-order valence-electron chi connectivity index (χ0n) is 10.1. The topological polar surface area (TPSA) is 54.0 Å². The lowest BCUT2D eigenvalue weighted by molar-refractivity contribution is -0.117. The third-order valence-electron chi connectivity index (χ3n) is 2.83. The summed E-state index contributed by atoms with van der Waals surface area (Å²) in [6.07, 6.45) is 2.92. The Morgan fingerprint density at radius 2 is 2.41 bits per heavy atom. The molecule has 1 aromatic heterocycles. The minimum atomic E-state index is -0.0331. The average molecular weight is 276 g/mol. The Morgan fingerprint density at radius 1 is 1.65 bits per heavy atom. The molecular weight excluding hydrogens is 258 g/mol. The predicted molar refractivity (Wildman–Crippen MR) is 73.1 cm³/mol. The smallest absolute Gasteiger partial charge is 0.243 e. The third-order valence-corrected chi connectivity index (χ3v) is 3.76. The molecule has 0 radical (unpaired) electrons. The number of amides is 1. The Hall–Kier alpha value is -0.650. The highest BCUT2D eigenvalue weighted by molar-refractivity contribution is 7.15. The van der Waals surface area contributed by atoms with E-state index in [-0.39, 0.29) is 24.4 Å². The van der Waals surface area contributed by atoms with Crippen LogP contribution in [0, 0.1) is 6.92 Å². The van der Waals surface area contributed by atoms with Crippen molar-refractivity contribution < 1.29 is 4.79 Å². The van der Waals surface area contributed by atoms with Crippen LogP contribution in [0.5, 0.6) is 0 Å². The van der Waals surface area contributed by atoms with Crippen molar-refractivity contribution in [3.8, 4) is 0 Å². The number of aryl methyl sites for hydroxylation is 2. The van der Waals surface area contributed by atoms with Crippen molar-refractivity contribution in [3.05, 3.63) is 10.6 Å². The van der Waals surface area contributed by atoms with Gasteiger partial charge in [-0.3, -0.25) is 4.79 Å². The molecule has 0 saturated carbocycles. The molecule has 0 bridgehead atoms. The molecular formula is C11H18ClN3OS. The highest BCUT2D eigenvalue weighted by atomic mass is 35.5. The Balaban J connectivity index is 0.00000144. The summed E-state index contributed by atoms with van der Waals surface area (Å²) in [7, 11) is 0. The van der Waals surface area contributed by atoms with Gasteiger partial charge in [0.2, 0.25) is 5.91 Å². The first kappa shape index (κ1) is 14.4. The second-order valence-corrected chi connectivity index (χ2v) is 5.22. The molecule has 0 aromatic carbocycles. The van der Waals surface area contributed by atoms with Crippen LogP contribution in [0.15, 0.2) is 0 Å². The maximum Gasteiger partial charge on any atom is 0.243 e. The van der Waals surface area contributed by atoms with Crippen LogP contribution in [0.4, 0.5) is 5.13 Å². The SMILES string of the molecule is CCc1nc(NC(=O)[C@@H]2CCCN2)sc1C.Cl. The molecule has 1 aromatic rings. The van der Waals surface area contributed by atoms with Gasteiger partial charge in [0.05, 0.1) is 11.7 Å². The van der Waals surface area contributed by atoms with Gasteiger partial charge in [-0.25, -0.2) is 4.98 Å². The van der Waals surface area contributed by atoms with E-state index in [1.54, 1.807) is 11.3 Å². The number of anilines is 1. The van der Waals surface area contributed by atoms with Crippen molar-refractivity contribution in [2.75, 3.05) is 11.9 Å². The summed E-state index contributed by atoms with van der Waals surface area (Å²) in [6, 6.07) is -0.0331. The fraction of sp³-hybridized carbons (Fsp3) is 0.636. The second-order valence-electron chi connectivity index (χ2n) is 4.01. The lowest BCUT2D eigenvalue weighted by Crippen LogP contribution is -2.35. The van der Waals surface area contributed by atoms with Crippen molar-refractivity contribution in [2.24, 2.45) is 0 Å². The van der Waals surface area contributed by atoms with Crippen LogP contribution < -0.4 is 10.6 Å². The number of hydrogen-bond donors (Lipinski definition) is 2. The molecule has 96 valence electrons. The predicted octanol–water partition coefficient (Wildman–Crippen LogP) is 2.13. The van der Waals surface area contributed by atoms with Crippen LogP contribution in [0.1, 0.15) is 30.3 Å². The highest BCUT2D eigenvalue weighted by Gasteiger charge is 2.22. The van der Waals surface area contributed by atoms with Crippen molar-refractivity contribution in [3.63, 3.8) is 0 Å². The first-order valence-electron chi connectivity index (χ1n) is 5.71. The zero-order chi connectivity index (χ0) is 11.5. The number of nitrogens with one attached hydrogen (secondary N) is 2.